The molecule has 2 aromatic rings. The largest absolute Gasteiger partial charge is 0.480 e. The minimum Gasteiger partial charge on any atom is -0.480 e. The van der Waals surface area contributed by atoms with Crippen molar-refractivity contribution < 1.29 is 13.9 Å². The van der Waals surface area contributed by atoms with E-state index in [1.54, 1.807) is 30.3 Å². The van der Waals surface area contributed by atoms with Gasteiger partial charge in [-0.25, -0.2) is 4.39 Å². The first-order valence-electron chi connectivity index (χ1n) is 6.33. The summed E-state index contributed by atoms with van der Waals surface area (Å²) >= 11 is 0. The summed E-state index contributed by atoms with van der Waals surface area (Å²) in [6, 6.07) is 14.5. The van der Waals surface area contributed by atoms with Gasteiger partial charge in [-0.1, -0.05) is 24.3 Å². The Morgan fingerprint density at radius 1 is 1.24 bits per heavy atom. The molecule has 0 bridgehead atoms. The van der Waals surface area contributed by atoms with E-state index in [4.69, 9.17) is 10.00 Å². The first-order valence-corrected chi connectivity index (χ1v) is 6.33. The monoisotopic (exact) mass is 284 g/mol. The number of nitrogens with one attached hydrogen (secondary N) is 1. The molecule has 2 aromatic carbocycles. The number of carbonyl (C=O) groups excluding carboxylic acids is 1. The smallest absolute Gasteiger partial charge is 0.265 e. The molecule has 0 radical (unpaired) electrons. The molecule has 0 fully saturated rings. The maximum atomic E-state index is 13.5. The van der Waals surface area contributed by atoms with E-state index in [0.29, 0.717) is 11.3 Å². The lowest BCUT2D eigenvalue weighted by molar-refractivity contribution is -0.122. The van der Waals surface area contributed by atoms with E-state index in [0.717, 1.165) is 0 Å². The van der Waals surface area contributed by atoms with Crippen molar-refractivity contribution in [1.29, 1.82) is 5.26 Å². The molecule has 1 atom stereocenters. The fourth-order valence-corrected chi connectivity index (χ4v) is 1.70. The first-order chi connectivity index (χ1) is 10.1. The second kappa shape index (κ2) is 6.53. The van der Waals surface area contributed by atoms with Crippen molar-refractivity contribution in [3.8, 4) is 11.8 Å². The van der Waals surface area contributed by atoms with Crippen molar-refractivity contribution in [3.05, 3.63) is 59.9 Å². The van der Waals surface area contributed by atoms with Gasteiger partial charge in [0, 0.05) is 0 Å². The van der Waals surface area contributed by atoms with E-state index in [1.807, 2.05) is 6.07 Å². The number of nitrogens with zero attached hydrogens (tertiary/aromatic N) is 1. The predicted molar refractivity (Wildman–Crippen MR) is 76.3 cm³/mol. The van der Waals surface area contributed by atoms with Gasteiger partial charge in [-0.3, -0.25) is 4.79 Å². The predicted octanol–water partition coefficient (Wildman–Crippen LogP) is 3.10. The molecule has 5 heteroatoms. The summed E-state index contributed by atoms with van der Waals surface area (Å²) in [4.78, 5) is 12.0. The maximum Gasteiger partial charge on any atom is 0.265 e. The lowest BCUT2D eigenvalue weighted by atomic mass is 10.2. The van der Waals surface area contributed by atoms with Gasteiger partial charge in [0.1, 0.15) is 17.6 Å². The van der Waals surface area contributed by atoms with Gasteiger partial charge in [0.2, 0.25) is 0 Å². The summed E-state index contributed by atoms with van der Waals surface area (Å²) in [5, 5.41) is 11.4. The highest BCUT2D eigenvalue weighted by Crippen LogP contribution is 2.19. The van der Waals surface area contributed by atoms with E-state index in [1.165, 1.54) is 25.1 Å². The zero-order valence-electron chi connectivity index (χ0n) is 11.3. The van der Waals surface area contributed by atoms with Gasteiger partial charge < -0.3 is 10.1 Å². The Labute approximate surface area is 121 Å². The lowest BCUT2D eigenvalue weighted by Gasteiger charge is -2.15. The number of nitriles is 1. The SMILES string of the molecule is C[C@H](Oc1ccccc1C#N)C(=O)Nc1ccccc1F. The van der Waals surface area contributed by atoms with Crippen LogP contribution in [0.2, 0.25) is 0 Å². The van der Waals surface area contributed by atoms with Crippen molar-refractivity contribution in [2.24, 2.45) is 0 Å². The second-order valence-corrected chi connectivity index (χ2v) is 4.34. The summed E-state index contributed by atoms with van der Waals surface area (Å²) in [6.07, 6.45) is -0.862. The van der Waals surface area contributed by atoms with Crippen LogP contribution in [0.5, 0.6) is 5.75 Å². The Kier molecular flexibility index (Phi) is 4.52. The van der Waals surface area contributed by atoms with Crippen LogP contribution in [0.1, 0.15) is 12.5 Å². The first kappa shape index (κ1) is 14.5. The Morgan fingerprint density at radius 3 is 2.62 bits per heavy atom. The number of halogens is 1. The summed E-state index contributed by atoms with van der Waals surface area (Å²) in [5.74, 6) is -0.695. The fraction of sp³-hybridized carbons (Fsp3) is 0.125. The number of amides is 1. The number of rotatable bonds is 4. The number of benzene rings is 2. The summed E-state index contributed by atoms with van der Waals surface area (Å²) in [7, 11) is 0. The highest BCUT2D eigenvalue weighted by atomic mass is 19.1. The standard InChI is InChI=1S/C16H13FN2O2/c1-11(21-15-9-5-2-6-12(15)10-18)16(20)19-14-8-4-3-7-13(14)17/h2-9,11H,1H3,(H,19,20)/t11-/m0/s1. The van der Waals surface area contributed by atoms with Crippen LogP contribution >= 0.6 is 0 Å². The van der Waals surface area contributed by atoms with E-state index in [-0.39, 0.29) is 5.69 Å². The van der Waals surface area contributed by atoms with Gasteiger partial charge in [0.05, 0.1) is 11.3 Å². The van der Waals surface area contributed by atoms with Gasteiger partial charge in [-0.2, -0.15) is 5.26 Å². The van der Waals surface area contributed by atoms with Crippen LogP contribution in [-0.2, 0) is 4.79 Å². The van der Waals surface area contributed by atoms with Gasteiger partial charge in [0.25, 0.3) is 5.91 Å². The molecule has 0 saturated heterocycles. The summed E-state index contributed by atoms with van der Waals surface area (Å²) in [6.45, 7) is 1.53. The molecule has 1 N–H and O–H groups in total. The van der Waals surface area contributed by atoms with Crippen LogP contribution in [0.4, 0.5) is 10.1 Å². The molecule has 0 heterocycles. The van der Waals surface area contributed by atoms with E-state index in [2.05, 4.69) is 5.32 Å². The molecule has 106 valence electrons. The second-order valence-electron chi connectivity index (χ2n) is 4.34. The van der Waals surface area contributed by atoms with E-state index >= 15 is 0 Å². The topological polar surface area (TPSA) is 62.1 Å². The fourth-order valence-electron chi connectivity index (χ4n) is 1.70. The maximum absolute atomic E-state index is 13.5. The molecular formula is C16H13FN2O2. The van der Waals surface area contributed by atoms with E-state index in [9.17, 15) is 9.18 Å². The third kappa shape index (κ3) is 3.57. The molecule has 0 saturated carbocycles. The zero-order chi connectivity index (χ0) is 15.2. The number of carbonyl (C=O) groups is 1. The van der Waals surface area contributed by atoms with Crippen molar-refractivity contribution in [1.82, 2.24) is 0 Å². The Morgan fingerprint density at radius 2 is 1.90 bits per heavy atom. The van der Waals surface area contributed by atoms with Crippen LogP contribution in [0.3, 0.4) is 0 Å². The van der Waals surface area contributed by atoms with Crippen LogP contribution in [-0.4, -0.2) is 12.0 Å². The van der Waals surface area contributed by atoms with E-state index < -0.39 is 17.8 Å². The molecule has 21 heavy (non-hydrogen) atoms. The molecule has 0 spiro atoms. The highest BCUT2D eigenvalue weighted by molar-refractivity contribution is 5.94. The average Bonchev–Trinajstić information content (AvgIpc) is 2.50. The van der Waals surface area contributed by atoms with Crippen LogP contribution in [0, 0.1) is 17.1 Å². The van der Waals surface area contributed by atoms with Crippen LogP contribution in [0.25, 0.3) is 0 Å². The molecule has 2 rings (SSSR count). The molecule has 0 aliphatic heterocycles. The molecule has 0 aliphatic rings. The minimum absolute atomic E-state index is 0.0894. The molecule has 4 nitrogen and oxygen atoms in total. The Balaban J connectivity index is 2.07. The van der Waals surface area contributed by atoms with Crippen molar-refractivity contribution in [2.75, 3.05) is 5.32 Å². The lowest BCUT2D eigenvalue weighted by Crippen LogP contribution is -2.30. The summed E-state index contributed by atoms with van der Waals surface area (Å²) < 4.78 is 18.9. The minimum atomic E-state index is -0.862. The third-order valence-electron chi connectivity index (χ3n) is 2.81. The average molecular weight is 284 g/mol. The van der Waals surface area contributed by atoms with Crippen LogP contribution < -0.4 is 10.1 Å². The number of hydrogen-bond donors (Lipinski definition) is 1. The number of anilines is 1. The van der Waals surface area contributed by atoms with Gasteiger partial charge in [-0.15, -0.1) is 0 Å². The third-order valence-corrected chi connectivity index (χ3v) is 2.81. The Hall–Kier alpha value is -2.87. The van der Waals surface area contributed by atoms with Crippen molar-refractivity contribution in [3.63, 3.8) is 0 Å². The summed E-state index contributed by atoms with van der Waals surface area (Å²) in [5.41, 5.74) is 0.426. The Bertz CT molecular complexity index is 695. The molecule has 1 amide bonds. The zero-order valence-corrected chi connectivity index (χ0v) is 11.3. The number of hydrogen-bond acceptors (Lipinski definition) is 3. The highest BCUT2D eigenvalue weighted by Gasteiger charge is 2.17. The molecular weight excluding hydrogens is 271 g/mol. The van der Waals surface area contributed by atoms with Crippen molar-refractivity contribution >= 4 is 11.6 Å². The number of para-hydroxylation sites is 2. The molecule has 0 unspecified atom stereocenters. The van der Waals surface area contributed by atoms with Gasteiger partial charge in [-0.05, 0) is 31.2 Å². The molecule has 0 aliphatic carbocycles. The van der Waals surface area contributed by atoms with Gasteiger partial charge >= 0.3 is 0 Å². The van der Waals surface area contributed by atoms with Crippen LogP contribution in [0.15, 0.2) is 48.5 Å². The van der Waals surface area contributed by atoms with Crippen molar-refractivity contribution in [2.45, 2.75) is 13.0 Å². The number of ether oxygens (including phenoxy) is 1. The molecule has 0 aromatic heterocycles. The quantitative estimate of drug-likeness (QED) is 0.938. The van der Waals surface area contributed by atoms with Gasteiger partial charge in [0.15, 0.2) is 6.10 Å². The normalized spacial score (nSPS) is 11.3.